The summed E-state index contributed by atoms with van der Waals surface area (Å²) in [6.45, 7) is 38.5. The summed E-state index contributed by atoms with van der Waals surface area (Å²) in [5, 5.41) is 20.7. The predicted molar refractivity (Wildman–Crippen MR) is 314 cm³/mol. The van der Waals surface area contributed by atoms with Crippen LogP contribution >= 0.6 is 0 Å². The second-order valence-corrected chi connectivity index (χ2v) is 17.9. The summed E-state index contributed by atoms with van der Waals surface area (Å²) in [7, 11) is 0. The third-order valence-corrected chi connectivity index (χ3v) is 10.9. The van der Waals surface area contributed by atoms with E-state index in [2.05, 4.69) is 34.6 Å². The summed E-state index contributed by atoms with van der Waals surface area (Å²) >= 11 is 0. The van der Waals surface area contributed by atoms with Crippen molar-refractivity contribution in [1.82, 2.24) is 19.9 Å². The Balaban J connectivity index is -0.000000291. The molecule has 85 heavy (non-hydrogen) atoms. The fourth-order valence-electron chi connectivity index (χ4n) is 5.85. The molecule has 0 aliphatic rings. The number of ketones is 6. The van der Waals surface area contributed by atoms with E-state index in [1.807, 2.05) is 62.3 Å². The number of Topliss-reactive ketones (excluding diaryl/α,β-unsaturated/α-hetero) is 6. The molecule has 0 saturated heterocycles. The van der Waals surface area contributed by atoms with E-state index in [9.17, 15) is 62.8 Å². The first-order chi connectivity index (χ1) is 39.0. The standard InChI is InChI=1S/C11H15NO3.C10H13NO2.2C9H13NO2.C6H9NO4.C6H10O3.C5H8O2.C4H8O.Na/c1-5-15-11(14)10-9(8(4)13)6(2)7(3)12-10;1-5-6(2)11-10(8(4)13)9(5)7(3)12;2*1-4-12-9(11)8-5-6(2)7(3)10-8;1-3-11-6(9)5(7-10)4(2)8;1-3-9-6(8)4-5(2)7;1-4(3-6)5(2)7;1-3-4(2)5;/h12H,5H2,1-4H3;11H,1-4H3;2*5,10H,4H2,1-3H3;8H,3H2,1-2H3;3-4H2,1-2H3;3,6H,1-2H3;3H2,1-2H3;/q;;;;;;;;+1/p-1. The minimum Gasteiger partial charge on any atom is -0.878 e. The number of aromatic nitrogens is 4. The van der Waals surface area contributed by atoms with Crippen LogP contribution in [0.4, 0.5) is 0 Å². The van der Waals surface area contributed by atoms with E-state index < -0.39 is 29.4 Å². The molecule has 0 fully saturated rings. The van der Waals surface area contributed by atoms with Crippen molar-refractivity contribution in [3.8, 4) is 0 Å². The molecule has 0 aromatic carbocycles. The number of ether oxygens (including phenoxy) is 5. The van der Waals surface area contributed by atoms with Gasteiger partial charge in [-0.3, -0.25) is 28.8 Å². The molecule has 4 heterocycles. The number of carbonyl (C=O) groups is 11. The fraction of sp³-hybridized carbons (Fsp3) is 0.483. The van der Waals surface area contributed by atoms with E-state index in [-0.39, 0.29) is 100 Å². The molecule has 0 saturated carbocycles. The SMILES string of the molecule is CC(=O)C(C)=C[O-].CC(=O)c1[nH]c(C)c(C)c1C(C)=O.CCC(C)=O.CCOC(=O)C(N=O)=C(C)O.CCOC(=O)CC(C)=O.CCOC(=O)c1[nH]c(C)c(C)c1C(C)=O.CCOC(=O)c1cc(C)c(C)[nH]1.CCOC(=O)c1cc(C)c(C)[nH]1.[Na+]. The minimum atomic E-state index is -0.900. The first-order valence-electron chi connectivity index (χ1n) is 26.6. The number of aliphatic hydroxyl groups excluding tert-OH is 1. The quantitative estimate of drug-likeness (QED) is 0.0103. The number of nitrogens with zero attached hydrogens (tertiary/aromatic N) is 1. The van der Waals surface area contributed by atoms with Crippen LogP contribution in [0.1, 0.15) is 217 Å². The molecule has 0 aliphatic carbocycles. The second kappa shape index (κ2) is 46.5. The van der Waals surface area contributed by atoms with Crippen molar-refractivity contribution < 1.29 is 116 Å². The van der Waals surface area contributed by atoms with E-state index in [1.165, 1.54) is 48.5 Å². The Morgan fingerprint density at radius 3 is 1.09 bits per heavy atom. The largest absolute Gasteiger partial charge is 1.00 e. The second-order valence-electron chi connectivity index (χ2n) is 17.9. The van der Waals surface area contributed by atoms with Gasteiger partial charge in [0.15, 0.2) is 23.1 Å². The maximum atomic E-state index is 11.5. The van der Waals surface area contributed by atoms with Gasteiger partial charge in [-0.2, -0.15) is 0 Å². The summed E-state index contributed by atoms with van der Waals surface area (Å²) in [5.74, 6) is -3.16. The van der Waals surface area contributed by atoms with Crippen molar-refractivity contribution in [3.63, 3.8) is 0 Å². The summed E-state index contributed by atoms with van der Waals surface area (Å²) < 4.78 is 23.4. The molecule has 0 aliphatic heterocycles. The van der Waals surface area contributed by atoms with Crippen LogP contribution in [0.5, 0.6) is 0 Å². The van der Waals surface area contributed by atoms with Gasteiger partial charge in [-0.15, -0.1) is 11.2 Å². The van der Waals surface area contributed by atoms with Crippen LogP contribution in [0, 0.1) is 60.3 Å². The first-order valence-corrected chi connectivity index (χ1v) is 26.6. The summed E-state index contributed by atoms with van der Waals surface area (Å²) in [4.78, 5) is 140. The molecule has 25 heteroatoms. The monoisotopic (exact) mass is 1210 g/mol. The number of nitroso groups, excluding NO2 is 1. The average Bonchev–Trinajstić information content (AvgIpc) is 4.36. The molecule has 4 aromatic rings. The van der Waals surface area contributed by atoms with E-state index in [0.29, 0.717) is 67.3 Å². The van der Waals surface area contributed by atoms with Crippen LogP contribution in [0.15, 0.2) is 40.6 Å². The Hall–Kier alpha value is -7.83. The van der Waals surface area contributed by atoms with Crippen molar-refractivity contribution in [2.24, 2.45) is 5.18 Å². The minimum absolute atomic E-state index is 0. The number of hydrogen-bond acceptors (Lipinski definition) is 20. The third kappa shape index (κ3) is 35.2. The van der Waals surface area contributed by atoms with Crippen LogP contribution in [0.25, 0.3) is 0 Å². The Labute approximate surface area is 520 Å². The molecular weight excluding hydrogens is 1120 g/mol. The Morgan fingerprint density at radius 1 is 0.506 bits per heavy atom. The summed E-state index contributed by atoms with van der Waals surface area (Å²) in [6, 6.07) is 3.60. The van der Waals surface area contributed by atoms with Crippen molar-refractivity contribution in [2.45, 2.75) is 165 Å². The Bertz CT molecular complexity index is 2830. The van der Waals surface area contributed by atoms with E-state index in [4.69, 9.17) is 19.3 Å². The van der Waals surface area contributed by atoms with Crippen LogP contribution in [0.3, 0.4) is 0 Å². The predicted octanol–water partition coefficient (Wildman–Crippen LogP) is 7.13. The zero-order chi connectivity index (χ0) is 66.3. The van der Waals surface area contributed by atoms with Gasteiger partial charge in [0.2, 0.25) is 5.70 Å². The van der Waals surface area contributed by atoms with Crippen molar-refractivity contribution in [1.29, 1.82) is 0 Å². The average molecular weight is 1210 g/mol. The molecule has 0 unspecified atom stereocenters. The van der Waals surface area contributed by atoms with Gasteiger partial charge in [0.1, 0.15) is 40.8 Å². The number of aliphatic hydroxyl groups is 1. The number of rotatable bonds is 17. The maximum absolute atomic E-state index is 11.5. The van der Waals surface area contributed by atoms with E-state index >= 15 is 0 Å². The fourth-order valence-corrected chi connectivity index (χ4v) is 5.85. The molecule has 0 atom stereocenters. The van der Waals surface area contributed by atoms with Crippen molar-refractivity contribution >= 4 is 64.5 Å². The molecule has 0 bridgehead atoms. The molecule has 0 spiro atoms. The van der Waals surface area contributed by atoms with Gasteiger partial charge in [-0.05, 0) is 184 Å². The van der Waals surface area contributed by atoms with Crippen LogP contribution in [0.2, 0.25) is 0 Å². The number of hydrogen-bond donors (Lipinski definition) is 5. The van der Waals surface area contributed by atoms with Gasteiger partial charge >= 0.3 is 59.4 Å². The summed E-state index contributed by atoms with van der Waals surface area (Å²) in [5.41, 5.74) is 10.0. The number of esters is 5. The molecule has 4 rings (SSSR count). The molecule has 0 amide bonds. The third-order valence-electron chi connectivity index (χ3n) is 10.9. The van der Waals surface area contributed by atoms with Gasteiger partial charge in [0, 0.05) is 41.7 Å². The molecule has 4 aromatic heterocycles. The van der Waals surface area contributed by atoms with Crippen LogP contribution in [-0.4, -0.2) is 123 Å². The zero-order valence-electron chi connectivity index (χ0n) is 53.9. The van der Waals surface area contributed by atoms with Gasteiger partial charge in [-0.1, -0.05) is 6.92 Å². The van der Waals surface area contributed by atoms with Crippen molar-refractivity contribution in [3.05, 3.63) is 119 Å². The number of H-pyrrole nitrogens is 4. The Morgan fingerprint density at radius 2 is 0.859 bits per heavy atom. The molecule has 468 valence electrons. The van der Waals surface area contributed by atoms with Crippen molar-refractivity contribution in [2.75, 3.05) is 33.0 Å². The van der Waals surface area contributed by atoms with Gasteiger partial charge in [0.05, 0.1) is 44.3 Å². The smallest absolute Gasteiger partial charge is 0.878 e. The van der Waals surface area contributed by atoms with E-state index in [1.54, 1.807) is 53.7 Å². The normalized spacial score (nSPS) is 9.98. The molecule has 24 nitrogen and oxygen atoms in total. The number of carbonyl (C=O) groups excluding carboxylic acids is 11. The summed E-state index contributed by atoms with van der Waals surface area (Å²) in [6.07, 6.45) is 1.12. The first kappa shape index (κ1) is 86.0. The van der Waals surface area contributed by atoms with Crippen LogP contribution in [-0.2, 0) is 47.7 Å². The van der Waals surface area contributed by atoms with Gasteiger partial charge in [-0.25, -0.2) is 19.2 Å². The molecule has 5 N–H and O–H groups in total. The number of allylic oxidation sites excluding steroid dienone is 2. The Kier molecular flexibility index (Phi) is 47.1. The van der Waals surface area contributed by atoms with E-state index in [0.717, 1.165) is 45.0 Å². The number of nitrogens with one attached hydrogen (secondary N) is 4. The van der Waals surface area contributed by atoms with Gasteiger partial charge in [0.25, 0.3) is 0 Å². The number of aromatic amines is 4. The van der Waals surface area contributed by atoms with Crippen LogP contribution < -0.4 is 34.7 Å². The molecular formula is C60H88N5NaO19. The molecule has 0 radical (unpaired) electrons. The zero-order valence-corrected chi connectivity index (χ0v) is 55.9. The number of aryl methyl sites for hydroxylation is 6. The maximum Gasteiger partial charge on any atom is 1.00 e. The topological polar surface area (TPSA) is 370 Å². The van der Waals surface area contributed by atoms with Gasteiger partial charge < -0.3 is 58.6 Å².